The highest BCUT2D eigenvalue weighted by Gasteiger charge is 2.28. The topological polar surface area (TPSA) is 155 Å². The van der Waals surface area contributed by atoms with Crippen LogP contribution in [0.2, 0.25) is 0 Å². The number of unbranched alkanes of at least 4 members (excludes halogenated alkanes) is 17. The lowest BCUT2D eigenvalue weighted by Crippen LogP contribution is -2.30. The van der Waals surface area contributed by atoms with E-state index in [4.69, 9.17) is 23.3 Å². The summed E-state index contributed by atoms with van der Waals surface area (Å²) in [6.07, 6.45) is 77.0. The van der Waals surface area contributed by atoms with Crippen molar-refractivity contribution in [2.75, 3.05) is 26.4 Å². The smallest absolute Gasteiger partial charge is 0.462 e. The van der Waals surface area contributed by atoms with Crippen LogP contribution in [0.1, 0.15) is 239 Å². The highest BCUT2D eigenvalue weighted by atomic mass is 31.2. The number of hydrogen-bond donors (Lipinski definition) is 2. The van der Waals surface area contributed by atoms with Crippen LogP contribution in [-0.4, -0.2) is 66.5 Å². The molecule has 454 valence electrons. The molecule has 0 heterocycles. The SMILES string of the molecule is CC/C=C\C/C=C\C/C=C\C/C=C\C/C=C\C/C=C\CCC(=O)OCC(COP(=O)(O)OCC(CO)OC(=O)CCCCCCCCC/C=C\CCCCCCCC)OC(=O)CCCCCC/C=C\C/C=C\C/C=C\C/C=C\CC. The minimum Gasteiger partial charge on any atom is -0.462 e. The molecule has 0 amide bonds. The van der Waals surface area contributed by atoms with Crippen molar-refractivity contribution in [3.05, 3.63) is 134 Å². The Balaban J connectivity index is 4.86. The van der Waals surface area contributed by atoms with Crippen LogP contribution in [0.5, 0.6) is 0 Å². The summed E-state index contributed by atoms with van der Waals surface area (Å²) in [6.45, 7) is 4.30. The predicted octanol–water partition coefficient (Wildman–Crippen LogP) is 18.9. The molecule has 0 aliphatic rings. The van der Waals surface area contributed by atoms with Crippen molar-refractivity contribution in [2.24, 2.45) is 0 Å². The van der Waals surface area contributed by atoms with E-state index in [9.17, 15) is 28.9 Å². The fraction of sp³-hybridized carbons (Fsp3) is 0.632. The third kappa shape index (κ3) is 58.3. The summed E-state index contributed by atoms with van der Waals surface area (Å²) >= 11 is 0. The van der Waals surface area contributed by atoms with Gasteiger partial charge in [0, 0.05) is 19.3 Å². The largest absolute Gasteiger partial charge is 0.472 e. The molecule has 0 aliphatic heterocycles. The summed E-state index contributed by atoms with van der Waals surface area (Å²) in [7, 11) is -4.79. The average Bonchev–Trinajstić information content (AvgIpc) is 3.45. The van der Waals surface area contributed by atoms with Gasteiger partial charge < -0.3 is 24.2 Å². The normalized spacial score (nSPS) is 14.2. The lowest BCUT2D eigenvalue weighted by molar-refractivity contribution is -0.161. The number of aliphatic hydroxyl groups excluding tert-OH is 1. The van der Waals surface area contributed by atoms with Gasteiger partial charge in [0.05, 0.1) is 19.8 Å². The highest BCUT2D eigenvalue weighted by molar-refractivity contribution is 7.47. The number of phosphoric acid groups is 1. The first kappa shape index (κ1) is 75.6. The molecule has 80 heavy (non-hydrogen) atoms. The zero-order chi connectivity index (χ0) is 58.3. The van der Waals surface area contributed by atoms with Crippen LogP contribution in [0.15, 0.2) is 134 Å². The lowest BCUT2D eigenvalue weighted by atomic mass is 10.1. The van der Waals surface area contributed by atoms with Crippen LogP contribution in [0.4, 0.5) is 0 Å². The number of allylic oxidation sites excluding steroid dienone is 22. The minimum absolute atomic E-state index is 0.0884. The number of rotatable bonds is 56. The molecule has 0 fully saturated rings. The maximum Gasteiger partial charge on any atom is 0.472 e. The summed E-state index contributed by atoms with van der Waals surface area (Å²) in [6, 6.07) is 0. The van der Waals surface area contributed by atoms with Crippen LogP contribution in [0, 0.1) is 0 Å². The fourth-order valence-electron chi connectivity index (χ4n) is 7.90. The Morgan fingerprint density at radius 1 is 0.362 bits per heavy atom. The van der Waals surface area contributed by atoms with E-state index in [0.717, 1.165) is 122 Å². The Bertz CT molecular complexity index is 1850. The molecule has 0 aliphatic carbocycles. The molecule has 0 bridgehead atoms. The molecular formula is C68H111O11P. The van der Waals surface area contributed by atoms with E-state index in [1.54, 1.807) is 0 Å². The molecule has 0 aromatic heterocycles. The van der Waals surface area contributed by atoms with Crippen molar-refractivity contribution >= 4 is 25.7 Å². The van der Waals surface area contributed by atoms with E-state index < -0.39 is 64.4 Å². The molecule has 3 unspecified atom stereocenters. The van der Waals surface area contributed by atoms with E-state index in [2.05, 4.69) is 142 Å². The third-order valence-electron chi connectivity index (χ3n) is 12.6. The predicted molar refractivity (Wildman–Crippen MR) is 334 cm³/mol. The summed E-state index contributed by atoms with van der Waals surface area (Å²) < 4.78 is 39.5. The number of carbonyl (C=O) groups excluding carboxylic acids is 3. The highest BCUT2D eigenvalue weighted by Crippen LogP contribution is 2.43. The summed E-state index contributed by atoms with van der Waals surface area (Å²) in [5.41, 5.74) is 0. The molecule has 3 atom stereocenters. The summed E-state index contributed by atoms with van der Waals surface area (Å²) in [5, 5.41) is 9.85. The monoisotopic (exact) mass is 1130 g/mol. The maximum absolute atomic E-state index is 12.9. The Hall–Kier alpha value is -4.38. The lowest BCUT2D eigenvalue weighted by Gasteiger charge is -2.21. The number of aliphatic hydroxyl groups is 1. The number of carbonyl (C=O) groups is 3. The number of phosphoric ester groups is 1. The summed E-state index contributed by atoms with van der Waals surface area (Å²) in [5.74, 6) is -1.61. The van der Waals surface area contributed by atoms with Crippen LogP contribution >= 0.6 is 7.82 Å². The zero-order valence-corrected chi connectivity index (χ0v) is 51.1. The number of ether oxygens (including phenoxy) is 3. The second-order valence-electron chi connectivity index (χ2n) is 20.1. The Morgan fingerprint density at radius 3 is 1.06 bits per heavy atom. The van der Waals surface area contributed by atoms with Gasteiger partial charge >= 0.3 is 25.7 Å². The van der Waals surface area contributed by atoms with Gasteiger partial charge in [0.15, 0.2) is 6.10 Å². The van der Waals surface area contributed by atoms with Gasteiger partial charge in [-0.3, -0.25) is 23.4 Å². The molecule has 0 saturated heterocycles. The van der Waals surface area contributed by atoms with Gasteiger partial charge in [-0.15, -0.1) is 0 Å². The molecular weight excluding hydrogens is 1020 g/mol. The van der Waals surface area contributed by atoms with E-state index in [1.807, 2.05) is 12.2 Å². The second-order valence-corrected chi connectivity index (χ2v) is 21.6. The van der Waals surface area contributed by atoms with Crippen molar-refractivity contribution in [2.45, 2.75) is 251 Å². The second kappa shape index (κ2) is 60.7. The minimum atomic E-state index is -4.79. The van der Waals surface area contributed by atoms with Gasteiger partial charge in [-0.1, -0.05) is 231 Å². The van der Waals surface area contributed by atoms with Crippen molar-refractivity contribution in [1.29, 1.82) is 0 Å². The molecule has 0 spiro atoms. The molecule has 11 nitrogen and oxygen atoms in total. The van der Waals surface area contributed by atoms with Gasteiger partial charge in [-0.25, -0.2) is 4.57 Å². The maximum atomic E-state index is 12.9. The van der Waals surface area contributed by atoms with Gasteiger partial charge in [0.1, 0.15) is 12.7 Å². The van der Waals surface area contributed by atoms with Crippen molar-refractivity contribution in [1.82, 2.24) is 0 Å². The van der Waals surface area contributed by atoms with E-state index in [0.29, 0.717) is 19.3 Å². The first-order valence-electron chi connectivity index (χ1n) is 31.1. The molecule has 0 aromatic carbocycles. The van der Waals surface area contributed by atoms with E-state index in [-0.39, 0.29) is 19.3 Å². The van der Waals surface area contributed by atoms with Crippen LogP contribution in [0.3, 0.4) is 0 Å². The van der Waals surface area contributed by atoms with Gasteiger partial charge in [-0.05, 0) is 122 Å². The van der Waals surface area contributed by atoms with E-state index in [1.165, 1.54) is 57.8 Å². The fourth-order valence-corrected chi connectivity index (χ4v) is 8.68. The Labute approximate surface area is 487 Å². The van der Waals surface area contributed by atoms with Gasteiger partial charge in [-0.2, -0.15) is 0 Å². The third-order valence-corrected chi connectivity index (χ3v) is 13.5. The summed E-state index contributed by atoms with van der Waals surface area (Å²) in [4.78, 5) is 48.7. The average molecular weight is 1140 g/mol. The van der Waals surface area contributed by atoms with Crippen molar-refractivity contribution in [3.8, 4) is 0 Å². The van der Waals surface area contributed by atoms with E-state index >= 15 is 0 Å². The van der Waals surface area contributed by atoms with Crippen LogP contribution in [-0.2, 0) is 42.2 Å². The molecule has 2 N–H and O–H groups in total. The quantitative estimate of drug-likeness (QED) is 0.0197. The van der Waals surface area contributed by atoms with Gasteiger partial charge in [0.2, 0.25) is 0 Å². The van der Waals surface area contributed by atoms with Gasteiger partial charge in [0.25, 0.3) is 0 Å². The Morgan fingerprint density at radius 2 is 0.675 bits per heavy atom. The Kier molecular flexibility index (Phi) is 57.4. The van der Waals surface area contributed by atoms with Crippen molar-refractivity contribution < 1.29 is 52.2 Å². The molecule has 0 rings (SSSR count). The van der Waals surface area contributed by atoms with Crippen LogP contribution in [0.25, 0.3) is 0 Å². The van der Waals surface area contributed by atoms with Crippen molar-refractivity contribution in [3.63, 3.8) is 0 Å². The molecule has 0 saturated carbocycles. The standard InChI is InChI=1S/C68H111O11P/c1-4-7-10-13-16-19-22-25-28-31-32-35-36-39-42-45-48-51-54-57-66(70)75-61-65(79-68(72)59-56-53-50-47-44-41-38-34-30-27-24-21-18-15-12-9-6-3)63-77-80(73,74)76-62-64(60-69)78-67(71)58-55-52-49-46-43-40-37-33-29-26-23-20-17-14-11-8-5-2/h7,9-10,12,16,18-19,21,25-30,32,35,38-39,41-42,48,51,64-65,69H,4-6,8,11,13-15,17,20,22-24,31,33-34,36-37,40,43-47,49-50,52-63H2,1-3H3,(H,73,74)/b10-7-,12-9-,19-16-,21-18-,28-25-,29-26-,30-27-,35-32-,41-38-,42-39-,51-48-. The molecule has 0 radical (unpaired) electrons. The van der Waals surface area contributed by atoms with Crippen LogP contribution < -0.4 is 0 Å². The molecule has 0 aromatic rings. The zero-order valence-electron chi connectivity index (χ0n) is 50.2. The molecule has 12 heteroatoms. The number of esters is 3. The first-order valence-corrected chi connectivity index (χ1v) is 32.6. The number of hydrogen-bond acceptors (Lipinski definition) is 10. The first-order chi connectivity index (χ1) is 39.2.